The molecule has 17 heavy (non-hydrogen) atoms. The summed E-state index contributed by atoms with van der Waals surface area (Å²) in [5.41, 5.74) is 2.33. The fraction of sp³-hybridized carbons (Fsp3) is 0.308. The first-order chi connectivity index (χ1) is 8.20. The Hall–Kier alpha value is -1.97. The minimum atomic E-state index is -0.852. The number of rotatable bonds is 2. The lowest BCUT2D eigenvalue weighted by molar-refractivity contribution is 0.150. The molecule has 4 nitrogen and oxygen atoms in total. The molecule has 0 saturated carbocycles. The van der Waals surface area contributed by atoms with E-state index in [9.17, 15) is 4.79 Å². The Kier molecular flexibility index (Phi) is 3.32. The van der Waals surface area contributed by atoms with Crippen LogP contribution in [-0.4, -0.2) is 36.3 Å². The average molecular weight is 233 g/mol. The van der Waals surface area contributed by atoms with Gasteiger partial charge in [-0.3, -0.25) is 0 Å². The van der Waals surface area contributed by atoms with Crippen LogP contribution < -0.4 is 4.74 Å². The molecule has 1 heterocycles. The van der Waals surface area contributed by atoms with Crippen LogP contribution in [0.1, 0.15) is 12.0 Å². The molecule has 1 aliphatic heterocycles. The zero-order valence-electron chi connectivity index (χ0n) is 9.72. The summed E-state index contributed by atoms with van der Waals surface area (Å²) in [5.74, 6) is 0.831. The number of carbonyl (C=O) groups is 1. The molecule has 90 valence electrons. The molecule has 0 aliphatic carbocycles. The summed E-state index contributed by atoms with van der Waals surface area (Å²) >= 11 is 0. The Bertz CT molecular complexity index is 436. The topological polar surface area (TPSA) is 49.8 Å². The van der Waals surface area contributed by atoms with Gasteiger partial charge in [0.1, 0.15) is 5.75 Å². The third-order valence-corrected chi connectivity index (χ3v) is 2.94. The monoisotopic (exact) mass is 233 g/mol. The molecule has 0 spiro atoms. The van der Waals surface area contributed by atoms with Crippen molar-refractivity contribution in [3.63, 3.8) is 0 Å². The molecule has 2 rings (SSSR count). The number of nitrogens with zero attached hydrogens (tertiary/aromatic N) is 1. The van der Waals surface area contributed by atoms with Crippen molar-refractivity contribution in [1.29, 1.82) is 0 Å². The van der Waals surface area contributed by atoms with E-state index in [1.165, 1.54) is 10.5 Å². The number of hydrogen-bond donors (Lipinski definition) is 1. The van der Waals surface area contributed by atoms with Gasteiger partial charge in [-0.2, -0.15) is 0 Å². The summed E-state index contributed by atoms with van der Waals surface area (Å²) in [5, 5.41) is 8.84. The van der Waals surface area contributed by atoms with Gasteiger partial charge in [-0.1, -0.05) is 18.2 Å². The molecule has 0 atom stereocenters. The summed E-state index contributed by atoms with van der Waals surface area (Å²) < 4.78 is 5.10. The second kappa shape index (κ2) is 4.91. The van der Waals surface area contributed by atoms with E-state index >= 15 is 0 Å². The van der Waals surface area contributed by atoms with Crippen molar-refractivity contribution in [2.24, 2.45) is 0 Å². The number of benzene rings is 1. The van der Waals surface area contributed by atoms with Crippen molar-refractivity contribution >= 4 is 11.7 Å². The molecular formula is C13H15NO3. The van der Waals surface area contributed by atoms with Crippen molar-refractivity contribution < 1.29 is 14.6 Å². The fourth-order valence-electron chi connectivity index (χ4n) is 1.91. The predicted molar refractivity (Wildman–Crippen MR) is 65.2 cm³/mol. The number of ether oxygens (including phenoxy) is 1. The highest BCUT2D eigenvalue weighted by atomic mass is 16.5. The fourth-order valence-corrected chi connectivity index (χ4v) is 1.91. The van der Waals surface area contributed by atoms with E-state index in [0.717, 1.165) is 17.7 Å². The molecule has 0 aromatic heterocycles. The smallest absolute Gasteiger partial charge is 0.407 e. The molecule has 0 unspecified atom stereocenters. The van der Waals surface area contributed by atoms with E-state index in [4.69, 9.17) is 9.84 Å². The van der Waals surface area contributed by atoms with E-state index in [-0.39, 0.29) is 0 Å². The highest BCUT2D eigenvalue weighted by Crippen LogP contribution is 2.24. The van der Waals surface area contributed by atoms with Crippen LogP contribution in [0.25, 0.3) is 5.57 Å². The van der Waals surface area contributed by atoms with Crippen molar-refractivity contribution in [2.45, 2.75) is 6.42 Å². The van der Waals surface area contributed by atoms with Gasteiger partial charge in [-0.25, -0.2) is 4.79 Å². The minimum Gasteiger partial charge on any atom is -0.497 e. The zero-order valence-corrected chi connectivity index (χ0v) is 9.72. The van der Waals surface area contributed by atoms with Crippen molar-refractivity contribution in [1.82, 2.24) is 4.90 Å². The average Bonchev–Trinajstić information content (AvgIpc) is 2.39. The SMILES string of the molecule is COc1ccc(C2=CCN(C(=O)O)CC2)cc1. The largest absolute Gasteiger partial charge is 0.497 e. The maximum absolute atomic E-state index is 10.8. The van der Waals surface area contributed by atoms with Crippen LogP contribution in [0.15, 0.2) is 30.3 Å². The summed E-state index contributed by atoms with van der Waals surface area (Å²) in [6.07, 6.45) is 1.88. The lowest BCUT2D eigenvalue weighted by atomic mass is 10.00. The summed E-state index contributed by atoms with van der Waals surface area (Å²) in [7, 11) is 1.64. The second-order valence-electron chi connectivity index (χ2n) is 3.94. The molecule has 1 aromatic carbocycles. The maximum atomic E-state index is 10.8. The van der Waals surface area contributed by atoms with Crippen molar-refractivity contribution in [3.05, 3.63) is 35.9 Å². The minimum absolute atomic E-state index is 0.469. The first-order valence-electron chi connectivity index (χ1n) is 5.52. The highest BCUT2D eigenvalue weighted by molar-refractivity contribution is 5.71. The number of methoxy groups -OCH3 is 1. The molecule has 0 saturated heterocycles. The summed E-state index contributed by atoms with van der Waals surface area (Å²) in [6.45, 7) is 1.03. The van der Waals surface area contributed by atoms with Crippen molar-refractivity contribution in [2.75, 3.05) is 20.2 Å². The number of amides is 1. The molecule has 1 amide bonds. The molecule has 4 heteroatoms. The molecule has 0 radical (unpaired) electrons. The van der Waals surface area contributed by atoms with Gasteiger partial charge >= 0.3 is 6.09 Å². The van der Waals surface area contributed by atoms with Crippen LogP contribution in [0.5, 0.6) is 5.75 Å². The first kappa shape index (κ1) is 11.5. The Labute approximate surface area is 100 Å². The Morgan fingerprint density at radius 3 is 2.53 bits per heavy atom. The van der Waals surface area contributed by atoms with Crippen LogP contribution >= 0.6 is 0 Å². The van der Waals surface area contributed by atoms with Crippen LogP contribution in [0, 0.1) is 0 Å². The molecule has 1 N–H and O–H groups in total. The van der Waals surface area contributed by atoms with Gasteiger partial charge in [0.15, 0.2) is 0 Å². The highest BCUT2D eigenvalue weighted by Gasteiger charge is 2.16. The van der Waals surface area contributed by atoms with Gasteiger partial charge < -0.3 is 14.7 Å². The third kappa shape index (κ3) is 2.58. The first-order valence-corrected chi connectivity index (χ1v) is 5.52. The lowest BCUT2D eigenvalue weighted by Crippen LogP contribution is -2.33. The standard InChI is InChI=1S/C13H15NO3/c1-17-12-4-2-10(3-5-12)11-6-8-14(9-7-11)13(15)16/h2-6H,7-9H2,1H3,(H,15,16). The van der Waals surface area contributed by atoms with Gasteiger partial charge in [0.05, 0.1) is 7.11 Å². The van der Waals surface area contributed by atoms with E-state index in [1.54, 1.807) is 7.11 Å². The third-order valence-electron chi connectivity index (χ3n) is 2.94. The zero-order chi connectivity index (χ0) is 12.3. The Morgan fingerprint density at radius 2 is 2.06 bits per heavy atom. The van der Waals surface area contributed by atoms with Gasteiger partial charge in [0, 0.05) is 13.1 Å². The van der Waals surface area contributed by atoms with Crippen molar-refractivity contribution in [3.8, 4) is 5.75 Å². The lowest BCUT2D eigenvalue weighted by Gasteiger charge is -2.23. The number of hydrogen-bond acceptors (Lipinski definition) is 2. The van der Waals surface area contributed by atoms with E-state index in [1.807, 2.05) is 30.3 Å². The van der Waals surface area contributed by atoms with E-state index < -0.39 is 6.09 Å². The van der Waals surface area contributed by atoms with Crippen LogP contribution in [0.4, 0.5) is 4.79 Å². The quantitative estimate of drug-likeness (QED) is 0.853. The van der Waals surface area contributed by atoms with Crippen LogP contribution in [-0.2, 0) is 0 Å². The Balaban J connectivity index is 2.10. The molecular weight excluding hydrogens is 218 g/mol. The molecule has 1 aliphatic rings. The molecule has 0 bridgehead atoms. The second-order valence-corrected chi connectivity index (χ2v) is 3.94. The maximum Gasteiger partial charge on any atom is 0.407 e. The number of carboxylic acid groups (broad SMARTS) is 1. The summed E-state index contributed by atoms with van der Waals surface area (Å²) in [4.78, 5) is 12.2. The molecule has 0 fully saturated rings. The van der Waals surface area contributed by atoms with Crippen LogP contribution in [0.3, 0.4) is 0 Å². The van der Waals surface area contributed by atoms with Gasteiger partial charge in [0.2, 0.25) is 0 Å². The predicted octanol–water partition coefficient (Wildman–Crippen LogP) is 2.46. The summed E-state index contributed by atoms with van der Waals surface area (Å²) in [6, 6.07) is 7.83. The van der Waals surface area contributed by atoms with Gasteiger partial charge in [-0.05, 0) is 29.7 Å². The van der Waals surface area contributed by atoms with E-state index in [0.29, 0.717) is 13.1 Å². The normalized spacial score (nSPS) is 15.4. The van der Waals surface area contributed by atoms with Crippen LogP contribution in [0.2, 0.25) is 0 Å². The molecule has 1 aromatic rings. The Morgan fingerprint density at radius 1 is 1.35 bits per heavy atom. The van der Waals surface area contributed by atoms with Gasteiger partial charge in [-0.15, -0.1) is 0 Å². The van der Waals surface area contributed by atoms with E-state index in [2.05, 4.69) is 0 Å². The van der Waals surface area contributed by atoms with Gasteiger partial charge in [0.25, 0.3) is 0 Å².